The van der Waals surface area contributed by atoms with Gasteiger partial charge in [-0.2, -0.15) is 5.26 Å². The van der Waals surface area contributed by atoms with E-state index in [0.29, 0.717) is 12.0 Å². The summed E-state index contributed by atoms with van der Waals surface area (Å²) in [5.41, 5.74) is 2.81. The molecule has 2 aromatic carbocycles. The topological polar surface area (TPSA) is 83.4 Å². The van der Waals surface area contributed by atoms with Crippen LogP contribution in [0.15, 0.2) is 42.5 Å². The summed E-state index contributed by atoms with van der Waals surface area (Å²) in [6.07, 6.45) is 3.31. The summed E-state index contributed by atoms with van der Waals surface area (Å²) >= 11 is 0. The second-order valence-electron chi connectivity index (χ2n) is 7.68. The molecule has 2 aliphatic heterocycles. The van der Waals surface area contributed by atoms with Crippen molar-refractivity contribution in [2.24, 2.45) is 5.92 Å². The number of carbonyl (C=O) groups excluding carboxylic acids is 1. The van der Waals surface area contributed by atoms with Crippen LogP contribution in [0.1, 0.15) is 30.9 Å². The van der Waals surface area contributed by atoms with Crippen molar-refractivity contribution >= 4 is 5.91 Å². The summed E-state index contributed by atoms with van der Waals surface area (Å²) in [6, 6.07) is 15.4. The summed E-state index contributed by atoms with van der Waals surface area (Å²) in [5, 5.41) is 15.9. The SMILES string of the molecule is N#CC(NC(=O)C1NC2CCC1C2)c1ccc(-c2ccc3c(c2)OCO3)cc1. The van der Waals surface area contributed by atoms with Gasteiger partial charge in [-0.15, -0.1) is 0 Å². The summed E-state index contributed by atoms with van der Waals surface area (Å²) in [6.45, 7) is 0.249. The molecule has 6 nitrogen and oxygen atoms in total. The van der Waals surface area contributed by atoms with Crippen LogP contribution in [0.5, 0.6) is 11.5 Å². The normalized spacial score (nSPS) is 25.3. The van der Waals surface area contributed by atoms with Crippen molar-refractivity contribution in [3.05, 3.63) is 48.0 Å². The van der Waals surface area contributed by atoms with Gasteiger partial charge in [0, 0.05) is 6.04 Å². The second kappa shape index (κ2) is 6.84. The molecule has 142 valence electrons. The Morgan fingerprint density at radius 2 is 1.89 bits per heavy atom. The van der Waals surface area contributed by atoms with E-state index in [9.17, 15) is 10.1 Å². The van der Waals surface area contributed by atoms with Gasteiger partial charge in [0.15, 0.2) is 11.5 Å². The second-order valence-corrected chi connectivity index (χ2v) is 7.68. The molecular formula is C22H21N3O3. The molecule has 3 aliphatic rings. The van der Waals surface area contributed by atoms with Crippen molar-refractivity contribution < 1.29 is 14.3 Å². The van der Waals surface area contributed by atoms with Crippen LogP contribution < -0.4 is 20.1 Å². The average Bonchev–Trinajstić information content (AvgIpc) is 3.48. The van der Waals surface area contributed by atoms with E-state index in [1.807, 2.05) is 42.5 Å². The Kier molecular flexibility index (Phi) is 4.18. The van der Waals surface area contributed by atoms with Crippen LogP contribution in [-0.4, -0.2) is 24.8 Å². The minimum atomic E-state index is -0.653. The number of nitrogens with zero attached hydrogens (tertiary/aromatic N) is 1. The fraction of sp³-hybridized carbons (Fsp3) is 0.364. The molecule has 1 saturated heterocycles. The van der Waals surface area contributed by atoms with Crippen LogP contribution in [0.4, 0.5) is 0 Å². The predicted molar refractivity (Wildman–Crippen MR) is 103 cm³/mol. The number of rotatable bonds is 4. The Morgan fingerprint density at radius 3 is 2.61 bits per heavy atom. The first-order valence-corrected chi connectivity index (χ1v) is 9.67. The summed E-state index contributed by atoms with van der Waals surface area (Å²) < 4.78 is 10.8. The molecule has 4 unspecified atom stereocenters. The number of nitrogens with one attached hydrogen (secondary N) is 2. The van der Waals surface area contributed by atoms with Gasteiger partial charge in [0.1, 0.15) is 6.04 Å². The lowest BCUT2D eigenvalue weighted by Gasteiger charge is -2.23. The molecule has 2 aromatic rings. The highest BCUT2D eigenvalue weighted by Crippen LogP contribution is 2.37. The Bertz CT molecular complexity index is 950. The van der Waals surface area contributed by atoms with E-state index >= 15 is 0 Å². The van der Waals surface area contributed by atoms with Crippen LogP contribution in [0.2, 0.25) is 0 Å². The summed E-state index contributed by atoms with van der Waals surface area (Å²) in [7, 11) is 0. The molecule has 5 rings (SSSR count). The Hall–Kier alpha value is -3.04. The molecule has 2 fully saturated rings. The Balaban J connectivity index is 1.30. The fourth-order valence-electron chi connectivity index (χ4n) is 4.52. The van der Waals surface area contributed by atoms with Gasteiger partial charge in [0.2, 0.25) is 12.7 Å². The zero-order valence-corrected chi connectivity index (χ0v) is 15.4. The van der Waals surface area contributed by atoms with Crippen molar-refractivity contribution in [2.45, 2.75) is 37.4 Å². The highest BCUT2D eigenvalue weighted by molar-refractivity contribution is 5.83. The van der Waals surface area contributed by atoms with Gasteiger partial charge < -0.3 is 20.1 Å². The molecule has 1 amide bonds. The summed E-state index contributed by atoms with van der Waals surface area (Å²) in [4.78, 5) is 12.6. The molecule has 2 heterocycles. The van der Waals surface area contributed by atoms with E-state index < -0.39 is 6.04 Å². The van der Waals surface area contributed by atoms with Crippen molar-refractivity contribution in [3.63, 3.8) is 0 Å². The van der Waals surface area contributed by atoms with E-state index in [4.69, 9.17) is 9.47 Å². The Labute approximate surface area is 163 Å². The number of hydrogen-bond donors (Lipinski definition) is 2. The highest BCUT2D eigenvalue weighted by Gasteiger charge is 2.43. The third-order valence-corrected chi connectivity index (χ3v) is 6.01. The van der Waals surface area contributed by atoms with Crippen LogP contribution in [0, 0.1) is 17.2 Å². The van der Waals surface area contributed by atoms with Crippen molar-refractivity contribution in [3.8, 4) is 28.7 Å². The number of carbonyl (C=O) groups is 1. The third kappa shape index (κ3) is 2.98. The van der Waals surface area contributed by atoms with E-state index in [1.54, 1.807) is 0 Å². The number of fused-ring (bicyclic) bond motifs is 3. The van der Waals surface area contributed by atoms with Gasteiger partial charge in [-0.25, -0.2) is 0 Å². The van der Waals surface area contributed by atoms with Gasteiger partial charge in [0.05, 0.1) is 12.1 Å². The molecule has 2 N–H and O–H groups in total. The summed E-state index contributed by atoms with van der Waals surface area (Å²) in [5.74, 6) is 1.82. The first kappa shape index (κ1) is 17.1. The van der Waals surface area contributed by atoms with E-state index in [-0.39, 0.29) is 18.7 Å². The third-order valence-electron chi connectivity index (χ3n) is 6.01. The Morgan fingerprint density at radius 1 is 1.11 bits per heavy atom. The van der Waals surface area contributed by atoms with Crippen LogP contribution in [-0.2, 0) is 4.79 Å². The number of piperidine rings is 1. The number of ether oxygens (including phenoxy) is 2. The number of nitriles is 1. The first-order valence-electron chi connectivity index (χ1n) is 9.67. The monoisotopic (exact) mass is 375 g/mol. The van der Waals surface area contributed by atoms with Crippen molar-refractivity contribution in [1.82, 2.24) is 10.6 Å². The van der Waals surface area contributed by atoms with Gasteiger partial charge >= 0.3 is 0 Å². The lowest BCUT2D eigenvalue weighted by atomic mass is 9.98. The minimum Gasteiger partial charge on any atom is -0.454 e. The molecule has 1 aliphatic carbocycles. The molecule has 0 spiro atoms. The molecule has 0 radical (unpaired) electrons. The van der Waals surface area contributed by atoms with Crippen molar-refractivity contribution in [1.29, 1.82) is 5.26 Å². The first-order chi connectivity index (χ1) is 13.7. The van der Waals surface area contributed by atoms with Gasteiger partial charge in [-0.3, -0.25) is 4.79 Å². The minimum absolute atomic E-state index is 0.0707. The zero-order chi connectivity index (χ0) is 19.1. The maximum atomic E-state index is 12.6. The highest BCUT2D eigenvalue weighted by atomic mass is 16.7. The quantitative estimate of drug-likeness (QED) is 0.859. The predicted octanol–water partition coefficient (Wildman–Crippen LogP) is 2.90. The molecule has 2 bridgehead atoms. The van der Waals surface area contributed by atoms with Gasteiger partial charge in [0.25, 0.3) is 0 Å². The van der Waals surface area contributed by atoms with E-state index in [1.165, 1.54) is 0 Å². The number of amides is 1. The lowest BCUT2D eigenvalue weighted by Crippen LogP contribution is -2.48. The van der Waals surface area contributed by atoms with Crippen LogP contribution >= 0.6 is 0 Å². The van der Waals surface area contributed by atoms with Gasteiger partial charge in [-0.1, -0.05) is 30.3 Å². The van der Waals surface area contributed by atoms with Crippen LogP contribution in [0.3, 0.4) is 0 Å². The maximum absolute atomic E-state index is 12.6. The molecular weight excluding hydrogens is 354 g/mol. The van der Waals surface area contributed by atoms with Crippen molar-refractivity contribution in [2.75, 3.05) is 6.79 Å². The number of hydrogen-bond acceptors (Lipinski definition) is 5. The standard InChI is InChI=1S/C22H21N3O3/c23-11-18(25-22(26)21-16-5-7-17(9-16)24-21)14-3-1-13(2-4-14)15-6-8-19-20(10-15)28-12-27-19/h1-4,6,8,10,16-18,21,24H,5,7,9,12H2,(H,25,26). The van der Waals surface area contributed by atoms with E-state index in [0.717, 1.165) is 47.5 Å². The zero-order valence-electron chi connectivity index (χ0n) is 15.4. The average molecular weight is 375 g/mol. The molecule has 28 heavy (non-hydrogen) atoms. The maximum Gasteiger partial charge on any atom is 0.238 e. The van der Waals surface area contributed by atoms with Crippen LogP contribution in [0.25, 0.3) is 11.1 Å². The number of benzene rings is 2. The smallest absolute Gasteiger partial charge is 0.238 e. The van der Waals surface area contributed by atoms with E-state index in [2.05, 4.69) is 16.7 Å². The molecule has 1 saturated carbocycles. The van der Waals surface area contributed by atoms with Gasteiger partial charge in [-0.05, 0) is 54.0 Å². The molecule has 0 aromatic heterocycles. The lowest BCUT2D eigenvalue weighted by molar-refractivity contribution is -0.124. The largest absolute Gasteiger partial charge is 0.454 e. The molecule has 4 atom stereocenters. The molecule has 6 heteroatoms. The fourth-order valence-corrected chi connectivity index (χ4v) is 4.52.